The van der Waals surface area contributed by atoms with Crippen molar-refractivity contribution >= 4 is 21.9 Å². The Hall–Kier alpha value is -0.0500. The van der Waals surface area contributed by atoms with Gasteiger partial charge in [-0.05, 0) is 6.92 Å². The lowest BCUT2D eigenvalue weighted by molar-refractivity contribution is -0.183. The molecule has 1 heterocycles. The van der Waals surface area contributed by atoms with Gasteiger partial charge in [0.15, 0.2) is 0 Å². The van der Waals surface area contributed by atoms with Gasteiger partial charge in [-0.1, -0.05) is 15.9 Å². The van der Waals surface area contributed by atoms with Gasteiger partial charge >= 0.3 is 5.97 Å². The highest BCUT2D eigenvalue weighted by molar-refractivity contribution is 9.09. The molecule has 0 amide bonds. The quantitative estimate of drug-likeness (QED) is 0.444. The van der Waals surface area contributed by atoms with Gasteiger partial charge in [0, 0.05) is 5.33 Å². The van der Waals surface area contributed by atoms with E-state index in [1.807, 2.05) is 6.92 Å². The van der Waals surface area contributed by atoms with Crippen molar-refractivity contribution in [2.75, 3.05) is 5.33 Å². The molecule has 1 aliphatic heterocycles. The molecule has 2 nitrogen and oxygen atoms in total. The predicted molar refractivity (Wildman–Crippen MR) is 32.9 cm³/mol. The number of hydrogen-bond donors (Lipinski definition) is 0. The van der Waals surface area contributed by atoms with Gasteiger partial charge in [0.05, 0.1) is 6.42 Å². The summed E-state index contributed by atoms with van der Waals surface area (Å²) in [5.41, 5.74) is -0.197. The van der Waals surface area contributed by atoms with Crippen LogP contribution in [0.3, 0.4) is 0 Å². The van der Waals surface area contributed by atoms with Crippen LogP contribution in [-0.2, 0) is 9.53 Å². The van der Waals surface area contributed by atoms with E-state index < -0.39 is 0 Å². The number of esters is 1. The van der Waals surface area contributed by atoms with Crippen molar-refractivity contribution in [2.45, 2.75) is 18.9 Å². The first-order valence-electron chi connectivity index (χ1n) is 2.44. The van der Waals surface area contributed by atoms with Crippen LogP contribution in [0.5, 0.6) is 0 Å². The van der Waals surface area contributed by atoms with Crippen LogP contribution in [0.15, 0.2) is 0 Å². The highest BCUT2D eigenvalue weighted by Crippen LogP contribution is 2.28. The molecule has 0 N–H and O–H groups in total. The Labute approximate surface area is 56.3 Å². The summed E-state index contributed by atoms with van der Waals surface area (Å²) in [7, 11) is 0. The standard InChI is InChI=1S/C5H7BrO2/c1-5(3-6)2-4(7)8-5/h2-3H2,1H3. The zero-order chi connectivity index (χ0) is 6.20. The molecule has 1 aliphatic rings. The zero-order valence-electron chi connectivity index (χ0n) is 4.61. The first-order valence-corrected chi connectivity index (χ1v) is 3.56. The predicted octanol–water partition coefficient (Wildman–Crippen LogP) is 1.09. The van der Waals surface area contributed by atoms with Gasteiger partial charge < -0.3 is 4.74 Å². The first kappa shape index (κ1) is 6.08. The molecular weight excluding hydrogens is 172 g/mol. The van der Waals surface area contributed by atoms with E-state index >= 15 is 0 Å². The molecule has 0 bridgehead atoms. The van der Waals surface area contributed by atoms with E-state index in [0.717, 1.165) is 5.33 Å². The molecule has 1 rings (SSSR count). The molecular formula is C5H7BrO2. The fourth-order valence-corrected chi connectivity index (χ4v) is 0.959. The highest BCUT2D eigenvalue weighted by Gasteiger charge is 2.40. The van der Waals surface area contributed by atoms with Crippen LogP contribution in [0.2, 0.25) is 0 Å². The summed E-state index contributed by atoms with van der Waals surface area (Å²) >= 11 is 3.23. The summed E-state index contributed by atoms with van der Waals surface area (Å²) < 4.78 is 4.79. The summed E-state index contributed by atoms with van der Waals surface area (Å²) in [5, 5.41) is 0.742. The minimum atomic E-state index is -0.197. The zero-order valence-corrected chi connectivity index (χ0v) is 6.19. The van der Waals surface area contributed by atoms with Crippen molar-refractivity contribution < 1.29 is 9.53 Å². The Bertz CT molecular complexity index is 114. The van der Waals surface area contributed by atoms with Crippen LogP contribution >= 0.6 is 15.9 Å². The lowest BCUT2D eigenvalue weighted by atomic mass is 10.0. The second kappa shape index (κ2) is 1.72. The minimum absolute atomic E-state index is 0.0908. The molecule has 1 saturated heterocycles. The molecule has 3 heteroatoms. The fourth-order valence-electron chi connectivity index (χ4n) is 0.646. The first-order chi connectivity index (χ1) is 3.66. The third-order valence-corrected chi connectivity index (χ3v) is 2.35. The number of cyclic esters (lactones) is 1. The van der Waals surface area contributed by atoms with Gasteiger partial charge in [-0.15, -0.1) is 0 Å². The van der Waals surface area contributed by atoms with Gasteiger partial charge in [-0.2, -0.15) is 0 Å². The van der Waals surface area contributed by atoms with Gasteiger partial charge in [0.1, 0.15) is 5.60 Å². The van der Waals surface area contributed by atoms with E-state index in [0.29, 0.717) is 6.42 Å². The summed E-state index contributed by atoms with van der Waals surface area (Å²) in [6, 6.07) is 0. The van der Waals surface area contributed by atoms with Gasteiger partial charge in [-0.25, -0.2) is 0 Å². The van der Waals surface area contributed by atoms with Crippen molar-refractivity contribution in [2.24, 2.45) is 0 Å². The highest BCUT2D eigenvalue weighted by atomic mass is 79.9. The Morgan fingerprint density at radius 3 is 2.62 bits per heavy atom. The van der Waals surface area contributed by atoms with E-state index in [9.17, 15) is 4.79 Å². The SMILES string of the molecule is CC1(CBr)CC(=O)O1. The van der Waals surface area contributed by atoms with Gasteiger partial charge in [0.25, 0.3) is 0 Å². The number of rotatable bonds is 1. The molecule has 8 heavy (non-hydrogen) atoms. The van der Waals surface area contributed by atoms with Crippen LogP contribution in [0.25, 0.3) is 0 Å². The maximum absolute atomic E-state index is 10.2. The molecule has 0 saturated carbocycles. The maximum atomic E-state index is 10.2. The smallest absolute Gasteiger partial charge is 0.310 e. The van der Waals surface area contributed by atoms with Crippen molar-refractivity contribution in [1.29, 1.82) is 0 Å². The monoisotopic (exact) mass is 178 g/mol. The van der Waals surface area contributed by atoms with Gasteiger partial charge in [-0.3, -0.25) is 4.79 Å². The van der Waals surface area contributed by atoms with E-state index in [4.69, 9.17) is 4.74 Å². The van der Waals surface area contributed by atoms with Crippen molar-refractivity contribution in [1.82, 2.24) is 0 Å². The molecule has 1 unspecified atom stereocenters. The topological polar surface area (TPSA) is 26.3 Å². The van der Waals surface area contributed by atoms with E-state index in [2.05, 4.69) is 15.9 Å². The van der Waals surface area contributed by atoms with Crippen molar-refractivity contribution in [3.8, 4) is 0 Å². The molecule has 0 aromatic rings. The number of carbonyl (C=O) groups is 1. The van der Waals surface area contributed by atoms with Gasteiger partial charge in [0.2, 0.25) is 0 Å². The Balaban J connectivity index is 2.40. The molecule has 0 aromatic heterocycles. The summed E-state index contributed by atoms with van der Waals surface area (Å²) in [6.45, 7) is 1.91. The minimum Gasteiger partial charge on any atom is -0.458 e. The molecule has 0 aromatic carbocycles. The summed E-state index contributed by atoms with van der Waals surface area (Å²) in [4.78, 5) is 10.2. The third kappa shape index (κ3) is 0.869. The number of hydrogen-bond acceptors (Lipinski definition) is 2. The Kier molecular flexibility index (Phi) is 1.31. The molecule has 0 radical (unpaired) electrons. The van der Waals surface area contributed by atoms with Crippen LogP contribution in [-0.4, -0.2) is 16.9 Å². The number of alkyl halides is 1. The molecule has 1 atom stereocenters. The molecule has 0 aliphatic carbocycles. The average molecular weight is 179 g/mol. The lowest BCUT2D eigenvalue weighted by Crippen LogP contribution is -2.46. The molecule has 0 spiro atoms. The maximum Gasteiger partial charge on any atom is 0.310 e. The average Bonchev–Trinajstić information content (AvgIpc) is 1.63. The second-order valence-corrected chi connectivity index (χ2v) is 2.80. The molecule has 1 fully saturated rings. The van der Waals surface area contributed by atoms with E-state index in [-0.39, 0.29) is 11.6 Å². The Morgan fingerprint density at radius 2 is 2.50 bits per heavy atom. The third-order valence-electron chi connectivity index (χ3n) is 1.16. The van der Waals surface area contributed by atoms with Crippen LogP contribution in [0, 0.1) is 0 Å². The number of halogens is 1. The largest absolute Gasteiger partial charge is 0.458 e. The summed E-state index contributed by atoms with van der Waals surface area (Å²) in [6.07, 6.45) is 0.554. The number of ether oxygens (including phenoxy) is 1. The fraction of sp³-hybridized carbons (Fsp3) is 0.800. The van der Waals surface area contributed by atoms with Crippen LogP contribution in [0.4, 0.5) is 0 Å². The van der Waals surface area contributed by atoms with Crippen LogP contribution < -0.4 is 0 Å². The normalized spacial score (nSPS) is 36.0. The Morgan fingerprint density at radius 1 is 2.00 bits per heavy atom. The second-order valence-electron chi connectivity index (χ2n) is 2.23. The van der Waals surface area contributed by atoms with E-state index in [1.54, 1.807) is 0 Å². The van der Waals surface area contributed by atoms with Crippen molar-refractivity contribution in [3.05, 3.63) is 0 Å². The molecule has 46 valence electrons. The lowest BCUT2D eigenvalue weighted by Gasteiger charge is -2.35. The van der Waals surface area contributed by atoms with E-state index in [1.165, 1.54) is 0 Å². The van der Waals surface area contributed by atoms with Crippen LogP contribution in [0.1, 0.15) is 13.3 Å². The summed E-state index contributed by atoms with van der Waals surface area (Å²) in [5.74, 6) is -0.0908. The number of carbonyl (C=O) groups excluding carboxylic acids is 1. The van der Waals surface area contributed by atoms with Crippen molar-refractivity contribution in [3.63, 3.8) is 0 Å².